The number of aromatic nitrogens is 7. The maximum absolute atomic E-state index is 12.5. The highest BCUT2D eigenvalue weighted by Gasteiger charge is 2.19. The minimum atomic E-state index is -0.238. The second kappa shape index (κ2) is 7.87. The predicted octanol–water partition coefficient (Wildman–Crippen LogP) is 1.99. The van der Waals surface area contributed by atoms with Crippen LogP contribution >= 0.6 is 11.3 Å². The number of amides is 1. The van der Waals surface area contributed by atoms with Gasteiger partial charge in [-0.1, -0.05) is 12.1 Å². The quantitative estimate of drug-likeness (QED) is 0.526. The first-order valence-electron chi connectivity index (χ1n) is 8.24. The number of thiophene rings is 1. The summed E-state index contributed by atoms with van der Waals surface area (Å²) < 4.78 is 3.34. The molecular weight excluding hydrogens is 364 g/mol. The van der Waals surface area contributed by atoms with Crippen molar-refractivity contribution in [3.05, 3.63) is 71.2 Å². The van der Waals surface area contributed by atoms with Gasteiger partial charge < -0.3 is 5.32 Å². The van der Waals surface area contributed by atoms with Crippen molar-refractivity contribution in [2.75, 3.05) is 5.32 Å². The average molecular weight is 380 g/mol. The minimum absolute atomic E-state index is 0.106. The van der Waals surface area contributed by atoms with Gasteiger partial charge in [0.2, 0.25) is 5.91 Å². The highest BCUT2D eigenvalue weighted by atomic mass is 32.1. The molecule has 0 saturated carbocycles. The maximum Gasteiger partial charge on any atom is 0.226 e. The Morgan fingerprint density at radius 3 is 2.74 bits per heavy atom. The van der Waals surface area contributed by atoms with Crippen LogP contribution in [-0.4, -0.2) is 40.9 Å². The Balaban J connectivity index is 1.41. The molecule has 0 aliphatic heterocycles. The van der Waals surface area contributed by atoms with Gasteiger partial charge in [0.05, 0.1) is 19.0 Å². The number of nitrogens with zero attached hydrogens (tertiary/aromatic N) is 7. The van der Waals surface area contributed by atoms with Crippen LogP contribution in [0.25, 0.3) is 0 Å². The lowest BCUT2D eigenvalue weighted by atomic mass is 10.1. The van der Waals surface area contributed by atoms with E-state index in [0.29, 0.717) is 6.54 Å². The van der Waals surface area contributed by atoms with Crippen molar-refractivity contribution in [2.24, 2.45) is 0 Å². The lowest BCUT2D eigenvalue weighted by Crippen LogP contribution is -2.20. The second-order valence-electron chi connectivity index (χ2n) is 5.90. The smallest absolute Gasteiger partial charge is 0.226 e. The summed E-state index contributed by atoms with van der Waals surface area (Å²) in [6.45, 7) is 0.633. The van der Waals surface area contributed by atoms with Crippen LogP contribution in [-0.2, 0) is 11.3 Å². The zero-order chi connectivity index (χ0) is 18.5. The lowest BCUT2D eigenvalue weighted by molar-refractivity contribution is -0.116. The van der Waals surface area contributed by atoms with Gasteiger partial charge in [-0.15, -0.1) is 5.10 Å². The summed E-state index contributed by atoms with van der Waals surface area (Å²) in [5, 5.41) is 22.3. The molecule has 4 rings (SSSR count). The molecule has 0 fully saturated rings. The van der Waals surface area contributed by atoms with Crippen molar-refractivity contribution in [2.45, 2.75) is 19.0 Å². The fraction of sp³-hybridized carbons (Fsp3) is 0.176. The molecule has 136 valence electrons. The molecule has 1 N–H and O–H groups in total. The predicted molar refractivity (Wildman–Crippen MR) is 99.1 cm³/mol. The standard InChI is InChI=1S/C17H16N8OS/c26-17(7-16(14-5-6-27-9-14)25-12-19-22-23-25)21-15-3-1-13(2-4-15)8-24-11-18-10-20-24/h1-6,9-12,16H,7-8H2,(H,21,26). The van der Waals surface area contributed by atoms with Crippen LogP contribution in [0.15, 0.2) is 60.1 Å². The first-order valence-corrected chi connectivity index (χ1v) is 9.18. The molecular formula is C17H16N8OS. The average Bonchev–Trinajstić information content (AvgIpc) is 3.44. The highest BCUT2D eigenvalue weighted by Crippen LogP contribution is 2.23. The molecule has 0 spiro atoms. The van der Waals surface area contributed by atoms with Crippen LogP contribution in [0.2, 0.25) is 0 Å². The first-order chi connectivity index (χ1) is 13.3. The molecule has 10 heteroatoms. The third-order valence-electron chi connectivity index (χ3n) is 4.04. The summed E-state index contributed by atoms with van der Waals surface area (Å²) in [6.07, 6.45) is 4.93. The third kappa shape index (κ3) is 4.23. The van der Waals surface area contributed by atoms with Crippen LogP contribution < -0.4 is 5.32 Å². The number of nitrogens with one attached hydrogen (secondary N) is 1. The van der Waals surface area contributed by atoms with Crippen molar-refractivity contribution < 1.29 is 4.79 Å². The zero-order valence-electron chi connectivity index (χ0n) is 14.2. The Morgan fingerprint density at radius 1 is 1.19 bits per heavy atom. The molecule has 4 aromatic rings. The summed E-state index contributed by atoms with van der Waals surface area (Å²) in [5.74, 6) is -0.106. The van der Waals surface area contributed by atoms with Crippen molar-refractivity contribution in [3.63, 3.8) is 0 Å². The van der Waals surface area contributed by atoms with Crippen LogP contribution in [0.1, 0.15) is 23.6 Å². The van der Waals surface area contributed by atoms with Crippen molar-refractivity contribution >= 4 is 22.9 Å². The monoisotopic (exact) mass is 380 g/mol. The molecule has 0 bridgehead atoms. The molecule has 1 unspecified atom stereocenters. The molecule has 1 aromatic carbocycles. The second-order valence-corrected chi connectivity index (χ2v) is 6.68. The highest BCUT2D eigenvalue weighted by molar-refractivity contribution is 7.08. The molecule has 0 radical (unpaired) electrons. The van der Waals surface area contributed by atoms with Gasteiger partial charge in [0.15, 0.2) is 0 Å². The number of rotatable bonds is 7. The van der Waals surface area contributed by atoms with E-state index < -0.39 is 0 Å². The Labute approximate surface area is 158 Å². The number of hydrogen-bond donors (Lipinski definition) is 1. The summed E-state index contributed by atoms with van der Waals surface area (Å²) >= 11 is 1.57. The van der Waals surface area contributed by atoms with Gasteiger partial charge >= 0.3 is 0 Å². The number of tetrazole rings is 1. The van der Waals surface area contributed by atoms with Gasteiger partial charge in [0.25, 0.3) is 0 Å². The molecule has 0 aliphatic rings. The molecule has 3 aromatic heterocycles. The number of carbonyl (C=O) groups excluding carboxylic acids is 1. The molecule has 0 saturated heterocycles. The van der Waals surface area contributed by atoms with Gasteiger partial charge in [0.1, 0.15) is 19.0 Å². The fourth-order valence-corrected chi connectivity index (χ4v) is 3.43. The summed E-state index contributed by atoms with van der Waals surface area (Å²) in [5.41, 5.74) is 2.82. The normalized spacial score (nSPS) is 12.0. The fourth-order valence-electron chi connectivity index (χ4n) is 2.72. The topological polar surface area (TPSA) is 103 Å². The van der Waals surface area contributed by atoms with Gasteiger partial charge in [0, 0.05) is 5.69 Å². The third-order valence-corrected chi connectivity index (χ3v) is 4.74. The Morgan fingerprint density at radius 2 is 2.07 bits per heavy atom. The van der Waals surface area contributed by atoms with Gasteiger partial charge in [-0.25, -0.2) is 14.3 Å². The van der Waals surface area contributed by atoms with Gasteiger partial charge in [-0.05, 0) is 50.5 Å². The van der Waals surface area contributed by atoms with Crippen LogP contribution in [0, 0.1) is 0 Å². The molecule has 9 nitrogen and oxygen atoms in total. The van der Waals surface area contributed by atoms with E-state index in [9.17, 15) is 4.79 Å². The van der Waals surface area contributed by atoms with Gasteiger partial charge in [-0.2, -0.15) is 16.4 Å². The Bertz CT molecular complexity index is 931. The van der Waals surface area contributed by atoms with Crippen LogP contribution in [0.4, 0.5) is 5.69 Å². The Kier molecular flexibility index (Phi) is 4.97. The molecule has 3 heterocycles. The summed E-state index contributed by atoms with van der Waals surface area (Å²) in [7, 11) is 0. The molecule has 1 amide bonds. The minimum Gasteiger partial charge on any atom is -0.326 e. The summed E-state index contributed by atoms with van der Waals surface area (Å²) in [4.78, 5) is 16.5. The van der Waals surface area contributed by atoms with Crippen molar-refractivity contribution in [1.82, 2.24) is 35.0 Å². The van der Waals surface area contributed by atoms with E-state index in [1.54, 1.807) is 27.0 Å². The summed E-state index contributed by atoms with van der Waals surface area (Å²) in [6, 6.07) is 9.40. The van der Waals surface area contributed by atoms with E-state index in [1.165, 1.54) is 12.7 Å². The maximum atomic E-state index is 12.5. The SMILES string of the molecule is O=C(CC(c1ccsc1)n1cnnn1)Nc1ccc(Cn2cncn2)cc1. The number of benzene rings is 1. The molecule has 1 atom stereocenters. The largest absolute Gasteiger partial charge is 0.326 e. The zero-order valence-corrected chi connectivity index (χ0v) is 15.0. The number of hydrogen-bond acceptors (Lipinski definition) is 7. The van der Waals surface area contributed by atoms with Crippen LogP contribution in [0.3, 0.4) is 0 Å². The number of carbonyl (C=O) groups is 1. The van der Waals surface area contributed by atoms with Crippen molar-refractivity contribution in [1.29, 1.82) is 0 Å². The van der Waals surface area contributed by atoms with E-state index in [1.807, 2.05) is 41.1 Å². The van der Waals surface area contributed by atoms with E-state index in [4.69, 9.17) is 0 Å². The Hall–Kier alpha value is -3.40. The lowest BCUT2D eigenvalue weighted by Gasteiger charge is -2.15. The van der Waals surface area contributed by atoms with E-state index >= 15 is 0 Å². The van der Waals surface area contributed by atoms with E-state index in [0.717, 1.165) is 16.8 Å². The van der Waals surface area contributed by atoms with Crippen molar-refractivity contribution in [3.8, 4) is 0 Å². The molecule has 0 aliphatic carbocycles. The number of anilines is 1. The van der Waals surface area contributed by atoms with Gasteiger partial charge in [-0.3, -0.25) is 4.79 Å². The molecule has 27 heavy (non-hydrogen) atoms. The van der Waals surface area contributed by atoms with Crippen LogP contribution in [0.5, 0.6) is 0 Å². The first kappa shape index (κ1) is 17.0. The van der Waals surface area contributed by atoms with E-state index in [2.05, 4.69) is 30.9 Å². The van der Waals surface area contributed by atoms with E-state index in [-0.39, 0.29) is 18.4 Å².